The van der Waals surface area contributed by atoms with Crippen molar-refractivity contribution in [2.75, 3.05) is 6.61 Å². The predicted octanol–water partition coefficient (Wildman–Crippen LogP) is 2.32. The third kappa shape index (κ3) is 3.07. The largest absolute Gasteiger partial charge is 0.356 e. The van der Waals surface area contributed by atoms with Crippen molar-refractivity contribution in [3.8, 4) is 0 Å². The third-order valence-corrected chi connectivity index (χ3v) is 5.92. The number of hydrogen-bond acceptors (Lipinski definition) is 4. The smallest absolute Gasteiger partial charge is 0.252 e. The van der Waals surface area contributed by atoms with E-state index in [4.69, 9.17) is 4.74 Å². The van der Waals surface area contributed by atoms with Crippen LogP contribution in [0.4, 0.5) is 0 Å². The van der Waals surface area contributed by atoms with Gasteiger partial charge in [0.2, 0.25) is 5.91 Å². The molecule has 0 spiro atoms. The van der Waals surface area contributed by atoms with Crippen molar-refractivity contribution in [1.82, 2.24) is 15.2 Å². The number of carbonyl (C=O) groups is 2. The highest BCUT2D eigenvalue weighted by molar-refractivity contribution is 5.87. The number of aromatic nitrogens is 1. The molecule has 3 aliphatic rings. The molecule has 6 heteroatoms. The Balaban J connectivity index is 1.44. The fourth-order valence-corrected chi connectivity index (χ4v) is 4.19. The molecular weight excluding hydrogens is 354 g/mol. The van der Waals surface area contributed by atoms with Gasteiger partial charge in [0.05, 0.1) is 11.6 Å². The van der Waals surface area contributed by atoms with Crippen LogP contribution >= 0.6 is 0 Å². The molecule has 2 atom stereocenters. The molecule has 1 aliphatic heterocycles. The Morgan fingerprint density at radius 3 is 2.57 bits per heavy atom. The lowest BCUT2D eigenvalue weighted by Gasteiger charge is -2.41. The van der Waals surface area contributed by atoms with Crippen LogP contribution in [-0.4, -0.2) is 40.5 Å². The lowest BCUT2D eigenvalue weighted by atomic mass is 9.97. The van der Waals surface area contributed by atoms with Gasteiger partial charge in [0.15, 0.2) is 6.10 Å². The zero-order valence-corrected chi connectivity index (χ0v) is 15.6. The van der Waals surface area contributed by atoms with E-state index in [1.165, 1.54) is 0 Å². The lowest BCUT2D eigenvalue weighted by molar-refractivity contribution is -0.165. The summed E-state index contributed by atoms with van der Waals surface area (Å²) in [7, 11) is 0. The molecule has 1 saturated heterocycles. The van der Waals surface area contributed by atoms with Crippen molar-refractivity contribution < 1.29 is 14.3 Å². The van der Waals surface area contributed by atoms with Gasteiger partial charge in [-0.3, -0.25) is 14.6 Å². The Morgan fingerprint density at radius 1 is 1.14 bits per heavy atom. The molecule has 144 valence electrons. The molecule has 5 rings (SSSR count). The monoisotopic (exact) mass is 377 g/mol. The number of nitrogens with zero attached hydrogens (tertiary/aromatic N) is 2. The molecule has 0 bridgehead atoms. The van der Waals surface area contributed by atoms with Crippen LogP contribution in [0, 0.1) is 0 Å². The van der Waals surface area contributed by atoms with E-state index in [1.807, 2.05) is 47.4 Å². The molecule has 2 heterocycles. The summed E-state index contributed by atoms with van der Waals surface area (Å²) in [5.74, 6) is -0.210. The fourth-order valence-electron chi connectivity index (χ4n) is 4.19. The molecule has 3 fully saturated rings. The number of amides is 2. The lowest BCUT2D eigenvalue weighted by Crippen LogP contribution is -2.56. The maximum Gasteiger partial charge on any atom is 0.252 e. The van der Waals surface area contributed by atoms with Gasteiger partial charge in [-0.05, 0) is 42.9 Å². The van der Waals surface area contributed by atoms with E-state index in [-0.39, 0.29) is 30.0 Å². The van der Waals surface area contributed by atoms with Gasteiger partial charge in [0.1, 0.15) is 6.61 Å². The zero-order valence-electron chi connectivity index (χ0n) is 15.6. The van der Waals surface area contributed by atoms with Crippen LogP contribution in [0.3, 0.4) is 0 Å². The number of benzene rings is 1. The number of ether oxygens (including phenoxy) is 1. The summed E-state index contributed by atoms with van der Waals surface area (Å²) in [5.41, 5.74) is 1.65. The van der Waals surface area contributed by atoms with E-state index in [9.17, 15) is 9.59 Å². The first-order valence-electron chi connectivity index (χ1n) is 9.88. The van der Waals surface area contributed by atoms with E-state index in [0.717, 1.165) is 36.8 Å². The minimum absolute atomic E-state index is 0.0513. The Labute approximate surface area is 163 Å². The Hall–Kier alpha value is -2.73. The van der Waals surface area contributed by atoms with Crippen molar-refractivity contribution >= 4 is 11.8 Å². The standard InChI is InChI=1S/C22H23N3O3/c26-18-14-28-20(19(25(18)17-8-9-17)15-5-4-12-23-13-15)21(27)24-22(10-11-22)16-6-2-1-3-7-16/h1-7,12-13,17,19-20H,8-11,14H2,(H,24,27)/t19-,20+/m1/s1. The molecule has 2 amide bonds. The van der Waals surface area contributed by atoms with E-state index >= 15 is 0 Å². The van der Waals surface area contributed by atoms with Crippen molar-refractivity contribution in [2.24, 2.45) is 0 Å². The number of nitrogens with one attached hydrogen (secondary N) is 1. The first-order valence-corrected chi connectivity index (χ1v) is 9.88. The molecule has 6 nitrogen and oxygen atoms in total. The zero-order chi connectivity index (χ0) is 19.1. The summed E-state index contributed by atoms with van der Waals surface area (Å²) in [6.07, 6.45) is 6.47. The average Bonchev–Trinajstić information content (AvgIpc) is 3.65. The summed E-state index contributed by atoms with van der Waals surface area (Å²) in [4.78, 5) is 32.0. The molecule has 0 unspecified atom stereocenters. The van der Waals surface area contributed by atoms with E-state index in [2.05, 4.69) is 10.3 Å². The SMILES string of the molecule is O=C(NC1(c2ccccc2)CC1)[C@H]1OCC(=O)N(C2CC2)[C@@H]1c1cccnc1. The van der Waals surface area contributed by atoms with E-state index in [1.54, 1.807) is 12.4 Å². The molecule has 1 aromatic heterocycles. The highest BCUT2D eigenvalue weighted by Crippen LogP contribution is 2.46. The van der Waals surface area contributed by atoms with Gasteiger partial charge in [-0.15, -0.1) is 0 Å². The number of pyridine rings is 1. The average molecular weight is 377 g/mol. The van der Waals surface area contributed by atoms with Gasteiger partial charge >= 0.3 is 0 Å². The second kappa shape index (κ2) is 6.71. The Bertz CT molecular complexity index is 878. The number of hydrogen-bond donors (Lipinski definition) is 1. The molecule has 28 heavy (non-hydrogen) atoms. The normalized spacial score (nSPS) is 26.0. The maximum atomic E-state index is 13.3. The van der Waals surface area contributed by atoms with Crippen molar-refractivity contribution in [3.63, 3.8) is 0 Å². The second-order valence-electron chi connectivity index (χ2n) is 7.93. The van der Waals surface area contributed by atoms with Crippen molar-refractivity contribution in [1.29, 1.82) is 0 Å². The topological polar surface area (TPSA) is 71.5 Å². The molecule has 1 N–H and O–H groups in total. The highest BCUT2D eigenvalue weighted by Gasteiger charge is 2.51. The van der Waals surface area contributed by atoms with Crippen LogP contribution in [0.15, 0.2) is 54.9 Å². The van der Waals surface area contributed by atoms with Gasteiger partial charge in [-0.1, -0.05) is 36.4 Å². The van der Waals surface area contributed by atoms with Gasteiger partial charge < -0.3 is 15.0 Å². The van der Waals surface area contributed by atoms with Gasteiger partial charge in [0, 0.05) is 18.4 Å². The molecule has 1 aromatic carbocycles. The van der Waals surface area contributed by atoms with Crippen LogP contribution < -0.4 is 5.32 Å². The van der Waals surface area contributed by atoms with Crippen molar-refractivity contribution in [3.05, 3.63) is 66.0 Å². The summed E-state index contributed by atoms with van der Waals surface area (Å²) < 4.78 is 5.81. The van der Waals surface area contributed by atoms with Gasteiger partial charge in [0.25, 0.3) is 5.91 Å². The first-order chi connectivity index (χ1) is 13.7. The van der Waals surface area contributed by atoms with Crippen LogP contribution in [0.25, 0.3) is 0 Å². The maximum absolute atomic E-state index is 13.3. The number of morpholine rings is 1. The first kappa shape index (κ1) is 17.4. The number of rotatable bonds is 5. The summed E-state index contributed by atoms with van der Waals surface area (Å²) in [6, 6.07) is 13.6. The third-order valence-electron chi connectivity index (χ3n) is 5.92. The molecule has 2 aliphatic carbocycles. The number of carbonyl (C=O) groups excluding carboxylic acids is 2. The summed E-state index contributed by atoms with van der Waals surface area (Å²) in [6.45, 7) is -0.0519. The second-order valence-corrected chi connectivity index (χ2v) is 7.93. The molecule has 2 saturated carbocycles. The quantitative estimate of drug-likeness (QED) is 0.868. The Kier molecular flexibility index (Phi) is 4.16. The van der Waals surface area contributed by atoms with Gasteiger partial charge in [-0.2, -0.15) is 0 Å². The summed E-state index contributed by atoms with van der Waals surface area (Å²) in [5, 5.41) is 3.23. The fraction of sp³-hybridized carbons (Fsp3) is 0.409. The Morgan fingerprint density at radius 2 is 1.93 bits per heavy atom. The minimum atomic E-state index is -0.733. The minimum Gasteiger partial charge on any atom is -0.356 e. The molecule has 2 aromatic rings. The van der Waals surface area contributed by atoms with Crippen LogP contribution in [-0.2, 0) is 19.9 Å². The van der Waals surface area contributed by atoms with E-state index < -0.39 is 12.1 Å². The van der Waals surface area contributed by atoms with Crippen LogP contribution in [0.2, 0.25) is 0 Å². The van der Waals surface area contributed by atoms with Crippen molar-refractivity contribution in [2.45, 2.75) is 49.4 Å². The highest BCUT2D eigenvalue weighted by atomic mass is 16.5. The van der Waals surface area contributed by atoms with E-state index in [0.29, 0.717) is 0 Å². The summed E-state index contributed by atoms with van der Waals surface area (Å²) >= 11 is 0. The van der Waals surface area contributed by atoms with Gasteiger partial charge in [-0.25, -0.2) is 0 Å². The predicted molar refractivity (Wildman–Crippen MR) is 102 cm³/mol. The molecule has 0 radical (unpaired) electrons. The molecular formula is C22H23N3O3. The van der Waals surface area contributed by atoms with Crippen LogP contribution in [0.1, 0.15) is 42.9 Å². The van der Waals surface area contributed by atoms with Crippen LogP contribution in [0.5, 0.6) is 0 Å².